The minimum Gasteiger partial charge on any atom is -0.374 e. The summed E-state index contributed by atoms with van der Waals surface area (Å²) in [4.78, 5) is 16.6. The molecular formula is C19H25N3O2. The van der Waals surface area contributed by atoms with Gasteiger partial charge in [0.2, 0.25) is 0 Å². The number of amides is 2. The number of anilines is 1. The second-order valence-corrected chi connectivity index (χ2v) is 8.13. The van der Waals surface area contributed by atoms with Crippen LogP contribution in [0.1, 0.15) is 56.4 Å². The summed E-state index contributed by atoms with van der Waals surface area (Å²) >= 11 is 0. The number of rotatable bonds is 4. The minimum atomic E-state index is -0.153. The third-order valence-electron chi connectivity index (χ3n) is 7.03. The van der Waals surface area contributed by atoms with Crippen LogP contribution < -0.4 is 10.6 Å². The van der Waals surface area contributed by atoms with E-state index in [0.717, 1.165) is 26.0 Å². The Balaban J connectivity index is 1.16. The molecule has 5 nitrogen and oxygen atoms in total. The van der Waals surface area contributed by atoms with Crippen LogP contribution in [0.15, 0.2) is 18.3 Å². The first-order chi connectivity index (χ1) is 11.7. The summed E-state index contributed by atoms with van der Waals surface area (Å²) in [6, 6.07) is 3.86. The largest absolute Gasteiger partial charge is 0.374 e. The third-order valence-corrected chi connectivity index (χ3v) is 7.03. The van der Waals surface area contributed by atoms with Crippen LogP contribution in [0.3, 0.4) is 0 Å². The molecule has 0 radical (unpaired) electrons. The number of pyridine rings is 1. The van der Waals surface area contributed by atoms with Crippen LogP contribution in [0.5, 0.6) is 0 Å². The average Bonchev–Trinajstić information content (AvgIpc) is 3.11. The second-order valence-electron chi connectivity index (χ2n) is 8.13. The molecule has 24 heavy (non-hydrogen) atoms. The lowest BCUT2D eigenvalue weighted by Gasteiger charge is -2.45. The molecule has 5 rings (SSSR count). The molecule has 4 fully saturated rings. The van der Waals surface area contributed by atoms with Gasteiger partial charge in [-0.15, -0.1) is 0 Å². The summed E-state index contributed by atoms with van der Waals surface area (Å²) < 4.78 is 6.06. The van der Waals surface area contributed by atoms with Gasteiger partial charge in [-0.25, -0.2) is 9.78 Å². The van der Waals surface area contributed by atoms with Crippen LogP contribution in [0.25, 0.3) is 0 Å². The van der Waals surface area contributed by atoms with Crippen LogP contribution in [-0.2, 0) is 4.74 Å². The molecule has 2 amide bonds. The standard InChI is InChI=1S/C19H25N3O2/c23-17(22-16-6-5-14(10-20-16)13-3-1-4-13)21-12-18-9-15(18)11-24-19(18)7-2-8-19/h5-6,10,13,15H,1-4,7-9,11-12H2,(H2,20,21,22,23)/t15-,18+/m0/s1. The van der Waals surface area contributed by atoms with Gasteiger partial charge in [0.25, 0.3) is 0 Å². The van der Waals surface area contributed by atoms with E-state index in [2.05, 4.69) is 21.7 Å². The van der Waals surface area contributed by atoms with Crippen molar-refractivity contribution in [2.75, 3.05) is 18.5 Å². The topological polar surface area (TPSA) is 63.2 Å². The molecule has 1 aromatic heterocycles. The third kappa shape index (κ3) is 2.10. The van der Waals surface area contributed by atoms with Crippen LogP contribution in [-0.4, -0.2) is 29.8 Å². The Morgan fingerprint density at radius 2 is 2.17 bits per heavy atom. The van der Waals surface area contributed by atoms with E-state index in [1.54, 1.807) is 0 Å². The van der Waals surface area contributed by atoms with Gasteiger partial charge >= 0.3 is 6.03 Å². The van der Waals surface area contributed by atoms with Crippen molar-refractivity contribution in [1.29, 1.82) is 0 Å². The molecule has 0 bridgehead atoms. The number of urea groups is 1. The monoisotopic (exact) mass is 327 g/mol. The number of carbonyl (C=O) groups excluding carboxylic acids is 1. The highest BCUT2D eigenvalue weighted by Gasteiger charge is 2.73. The average molecular weight is 327 g/mol. The number of nitrogens with one attached hydrogen (secondary N) is 2. The fourth-order valence-electron chi connectivity index (χ4n) is 4.94. The maximum Gasteiger partial charge on any atom is 0.320 e. The van der Waals surface area contributed by atoms with Crippen molar-refractivity contribution < 1.29 is 9.53 Å². The number of ether oxygens (including phenoxy) is 1. The van der Waals surface area contributed by atoms with Gasteiger partial charge in [-0.1, -0.05) is 12.5 Å². The Bertz CT molecular complexity index is 651. The zero-order valence-corrected chi connectivity index (χ0v) is 14.0. The number of carbonyl (C=O) groups is 1. The van der Waals surface area contributed by atoms with E-state index in [0.29, 0.717) is 17.7 Å². The number of hydrogen-bond donors (Lipinski definition) is 2. The predicted octanol–water partition coefficient (Wildman–Crippen LogP) is 3.43. The Labute approximate surface area is 142 Å². The van der Waals surface area contributed by atoms with Crippen molar-refractivity contribution in [2.45, 2.75) is 56.5 Å². The van der Waals surface area contributed by atoms with Gasteiger partial charge in [0, 0.05) is 18.2 Å². The molecule has 1 saturated heterocycles. The molecule has 128 valence electrons. The van der Waals surface area contributed by atoms with Gasteiger partial charge in [-0.05, 0) is 62.0 Å². The van der Waals surface area contributed by atoms with Gasteiger partial charge in [0.1, 0.15) is 5.82 Å². The molecule has 2 atom stereocenters. The van der Waals surface area contributed by atoms with Crippen LogP contribution >= 0.6 is 0 Å². The van der Waals surface area contributed by atoms with Gasteiger partial charge in [-0.3, -0.25) is 5.32 Å². The smallest absolute Gasteiger partial charge is 0.320 e. The van der Waals surface area contributed by atoms with E-state index >= 15 is 0 Å². The van der Waals surface area contributed by atoms with Crippen molar-refractivity contribution in [2.24, 2.45) is 11.3 Å². The number of hydrogen-bond acceptors (Lipinski definition) is 3. The van der Waals surface area contributed by atoms with Gasteiger partial charge in [0.05, 0.1) is 12.2 Å². The first kappa shape index (κ1) is 14.7. The zero-order valence-electron chi connectivity index (χ0n) is 14.0. The molecule has 2 N–H and O–H groups in total. The van der Waals surface area contributed by atoms with E-state index < -0.39 is 0 Å². The molecule has 3 aliphatic carbocycles. The van der Waals surface area contributed by atoms with Crippen LogP contribution in [0.4, 0.5) is 10.6 Å². The predicted molar refractivity (Wildman–Crippen MR) is 90.9 cm³/mol. The Morgan fingerprint density at radius 1 is 1.29 bits per heavy atom. The van der Waals surface area contributed by atoms with E-state index in [4.69, 9.17) is 4.74 Å². The van der Waals surface area contributed by atoms with Gasteiger partial charge < -0.3 is 10.1 Å². The SMILES string of the molecule is O=C(NC[C@]12C[C@H]1COC21CCC1)Nc1ccc(C2CCC2)cn1. The molecule has 1 spiro atoms. The first-order valence-corrected chi connectivity index (χ1v) is 9.36. The molecule has 2 heterocycles. The van der Waals surface area contributed by atoms with E-state index in [-0.39, 0.29) is 17.0 Å². The Morgan fingerprint density at radius 3 is 2.75 bits per heavy atom. The summed E-state index contributed by atoms with van der Waals surface area (Å²) in [5.74, 6) is 1.95. The summed E-state index contributed by atoms with van der Waals surface area (Å²) in [6.45, 7) is 1.61. The normalized spacial score (nSPS) is 32.6. The number of fused-ring (bicyclic) bond motifs is 2. The quantitative estimate of drug-likeness (QED) is 0.890. The molecular weight excluding hydrogens is 302 g/mol. The molecule has 4 aliphatic rings. The molecule has 1 aromatic rings. The summed E-state index contributed by atoms with van der Waals surface area (Å²) in [6.07, 6.45) is 10.6. The Kier molecular flexibility index (Phi) is 3.18. The van der Waals surface area contributed by atoms with Crippen molar-refractivity contribution in [3.05, 3.63) is 23.9 Å². The summed E-state index contributed by atoms with van der Waals surface area (Å²) in [5, 5.41) is 5.93. The van der Waals surface area contributed by atoms with E-state index in [1.807, 2.05) is 12.3 Å². The van der Waals surface area contributed by atoms with Crippen molar-refractivity contribution in [3.63, 3.8) is 0 Å². The maximum absolute atomic E-state index is 12.2. The van der Waals surface area contributed by atoms with E-state index in [1.165, 1.54) is 37.7 Å². The van der Waals surface area contributed by atoms with Crippen molar-refractivity contribution in [1.82, 2.24) is 10.3 Å². The van der Waals surface area contributed by atoms with Gasteiger partial charge in [-0.2, -0.15) is 0 Å². The van der Waals surface area contributed by atoms with E-state index in [9.17, 15) is 4.79 Å². The van der Waals surface area contributed by atoms with Crippen molar-refractivity contribution in [3.8, 4) is 0 Å². The zero-order chi connectivity index (χ0) is 16.2. The lowest BCUT2D eigenvalue weighted by Crippen LogP contribution is -2.51. The fraction of sp³-hybridized carbons (Fsp3) is 0.684. The highest BCUT2D eigenvalue weighted by atomic mass is 16.5. The molecule has 0 aromatic carbocycles. The lowest BCUT2D eigenvalue weighted by molar-refractivity contribution is -0.109. The molecule has 3 saturated carbocycles. The number of nitrogens with zero attached hydrogens (tertiary/aromatic N) is 1. The highest BCUT2D eigenvalue weighted by molar-refractivity contribution is 5.88. The molecule has 1 aliphatic heterocycles. The fourth-order valence-corrected chi connectivity index (χ4v) is 4.94. The minimum absolute atomic E-state index is 0.0770. The summed E-state index contributed by atoms with van der Waals surface area (Å²) in [5.41, 5.74) is 1.58. The second kappa shape index (κ2) is 5.19. The molecule has 0 unspecified atom stereocenters. The Hall–Kier alpha value is -1.62. The van der Waals surface area contributed by atoms with Gasteiger partial charge in [0.15, 0.2) is 0 Å². The number of aromatic nitrogens is 1. The van der Waals surface area contributed by atoms with Crippen LogP contribution in [0, 0.1) is 11.3 Å². The maximum atomic E-state index is 12.2. The van der Waals surface area contributed by atoms with Crippen LogP contribution in [0.2, 0.25) is 0 Å². The molecule has 5 heteroatoms. The van der Waals surface area contributed by atoms with Crippen molar-refractivity contribution >= 4 is 11.8 Å². The first-order valence-electron chi connectivity index (χ1n) is 9.36. The highest BCUT2D eigenvalue weighted by Crippen LogP contribution is 2.70. The summed E-state index contributed by atoms with van der Waals surface area (Å²) in [7, 11) is 0. The lowest BCUT2D eigenvalue weighted by atomic mass is 9.68.